The molecule has 0 heterocycles. The highest BCUT2D eigenvalue weighted by Gasteiger charge is 2.18. The summed E-state index contributed by atoms with van der Waals surface area (Å²) in [5.41, 5.74) is 6.16. The Labute approximate surface area is 144 Å². The van der Waals surface area contributed by atoms with Crippen molar-refractivity contribution in [2.24, 2.45) is 0 Å². The summed E-state index contributed by atoms with van der Waals surface area (Å²) in [5.74, 6) is -1.55. The fourth-order valence-corrected chi connectivity index (χ4v) is 1.85. The average Bonchev–Trinajstić information content (AvgIpc) is 2.54. The van der Waals surface area contributed by atoms with Gasteiger partial charge in [-0.1, -0.05) is 11.6 Å². The molecule has 0 radical (unpaired) electrons. The standard InChI is InChI=1S/C15H19ClN4O4/c1-8(7-21)19-13(22)6-18-14(23)9(2)20-15(24)10-3-4-12(17)11(16)5-10/h3-5,7-9H,6,17H2,1-2H3,(H,18,23)(H,19,22)(H,20,24)/t8?,9-/m0/s1. The lowest BCUT2D eigenvalue weighted by Gasteiger charge is -2.15. The van der Waals surface area contributed by atoms with E-state index >= 15 is 0 Å². The normalized spacial score (nSPS) is 12.6. The van der Waals surface area contributed by atoms with Crippen LogP contribution in [0.4, 0.5) is 5.69 Å². The molecule has 1 rings (SSSR count). The van der Waals surface area contributed by atoms with Gasteiger partial charge < -0.3 is 26.5 Å². The number of carbonyl (C=O) groups excluding carboxylic acids is 4. The van der Waals surface area contributed by atoms with Gasteiger partial charge in [-0.2, -0.15) is 0 Å². The second-order valence-electron chi connectivity index (χ2n) is 5.14. The van der Waals surface area contributed by atoms with Crippen molar-refractivity contribution in [3.05, 3.63) is 28.8 Å². The quantitative estimate of drug-likeness (QED) is 0.400. The Balaban J connectivity index is 2.51. The molecule has 0 aliphatic heterocycles. The molecule has 0 aliphatic carbocycles. The minimum Gasteiger partial charge on any atom is -0.398 e. The summed E-state index contributed by atoms with van der Waals surface area (Å²) in [7, 11) is 0. The van der Waals surface area contributed by atoms with Crippen molar-refractivity contribution >= 4 is 41.3 Å². The Morgan fingerprint density at radius 1 is 1.25 bits per heavy atom. The molecule has 8 nitrogen and oxygen atoms in total. The van der Waals surface area contributed by atoms with Gasteiger partial charge in [-0.05, 0) is 32.0 Å². The molecule has 3 amide bonds. The maximum absolute atomic E-state index is 12.0. The monoisotopic (exact) mass is 354 g/mol. The van der Waals surface area contributed by atoms with E-state index in [-0.39, 0.29) is 17.1 Å². The van der Waals surface area contributed by atoms with Gasteiger partial charge in [0.1, 0.15) is 12.3 Å². The van der Waals surface area contributed by atoms with Crippen molar-refractivity contribution in [3.8, 4) is 0 Å². The minimum absolute atomic E-state index is 0.237. The molecule has 1 aromatic carbocycles. The summed E-state index contributed by atoms with van der Waals surface area (Å²) < 4.78 is 0. The number of benzene rings is 1. The smallest absolute Gasteiger partial charge is 0.251 e. The number of nitrogens with one attached hydrogen (secondary N) is 3. The highest BCUT2D eigenvalue weighted by Crippen LogP contribution is 2.19. The summed E-state index contributed by atoms with van der Waals surface area (Å²) in [6.07, 6.45) is 0.570. The van der Waals surface area contributed by atoms with Gasteiger partial charge in [0.05, 0.1) is 23.3 Å². The van der Waals surface area contributed by atoms with Crippen molar-refractivity contribution in [1.29, 1.82) is 0 Å². The molecule has 9 heteroatoms. The zero-order chi connectivity index (χ0) is 18.3. The fourth-order valence-electron chi connectivity index (χ4n) is 1.67. The van der Waals surface area contributed by atoms with Crippen molar-refractivity contribution in [1.82, 2.24) is 16.0 Å². The van der Waals surface area contributed by atoms with Crippen LogP contribution in [-0.2, 0) is 14.4 Å². The number of hydrogen-bond acceptors (Lipinski definition) is 5. The second kappa shape index (κ2) is 8.88. The zero-order valence-corrected chi connectivity index (χ0v) is 14.0. The van der Waals surface area contributed by atoms with E-state index in [1.807, 2.05) is 0 Å². The predicted octanol–water partition coefficient (Wildman–Crippen LogP) is -0.140. The summed E-state index contributed by atoms with van der Waals surface area (Å²) in [6.45, 7) is 2.68. The SMILES string of the molecule is CC(C=O)NC(=O)CNC(=O)[C@H](C)NC(=O)c1ccc(N)c(Cl)c1. The molecule has 0 fully saturated rings. The first-order valence-corrected chi connectivity index (χ1v) is 7.50. The first kappa shape index (κ1) is 19.4. The van der Waals surface area contributed by atoms with Crippen LogP contribution >= 0.6 is 11.6 Å². The maximum Gasteiger partial charge on any atom is 0.251 e. The highest BCUT2D eigenvalue weighted by atomic mass is 35.5. The molecule has 1 unspecified atom stereocenters. The first-order chi connectivity index (χ1) is 11.2. The Bertz CT molecular complexity index is 650. The van der Waals surface area contributed by atoms with E-state index in [0.29, 0.717) is 12.0 Å². The lowest BCUT2D eigenvalue weighted by Crippen LogP contribution is -2.48. The molecule has 0 saturated carbocycles. The molecule has 2 atom stereocenters. The largest absolute Gasteiger partial charge is 0.398 e. The number of anilines is 1. The van der Waals surface area contributed by atoms with Crippen LogP contribution in [0.2, 0.25) is 5.02 Å². The van der Waals surface area contributed by atoms with Gasteiger partial charge >= 0.3 is 0 Å². The van der Waals surface area contributed by atoms with Crippen LogP contribution in [0.15, 0.2) is 18.2 Å². The van der Waals surface area contributed by atoms with Crippen LogP contribution in [0.3, 0.4) is 0 Å². The van der Waals surface area contributed by atoms with Gasteiger partial charge in [0.25, 0.3) is 5.91 Å². The van der Waals surface area contributed by atoms with E-state index in [2.05, 4.69) is 16.0 Å². The van der Waals surface area contributed by atoms with Gasteiger partial charge in [-0.25, -0.2) is 0 Å². The molecule has 24 heavy (non-hydrogen) atoms. The Hall–Kier alpha value is -2.61. The number of nitrogen functional groups attached to an aromatic ring is 1. The number of carbonyl (C=O) groups is 4. The van der Waals surface area contributed by atoms with Crippen molar-refractivity contribution in [2.45, 2.75) is 25.9 Å². The third-order valence-corrected chi connectivity index (χ3v) is 3.35. The summed E-state index contributed by atoms with van der Waals surface area (Å²) in [5, 5.41) is 7.44. The predicted molar refractivity (Wildman–Crippen MR) is 89.5 cm³/mol. The average molecular weight is 355 g/mol. The number of amides is 3. The van der Waals surface area contributed by atoms with Crippen LogP contribution < -0.4 is 21.7 Å². The van der Waals surface area contributed by atoms with Crippen LogP contribution in [0.25, 0.3) is 0 Å². The molecule has 0 saturated heterocycles. The number of aldehydes is 1. The van der Waals surface area contributed by atoms with Crippen LogP contribution in [-0.4, -0.2) is 42.6 Å². The van der Waals surface area contributed by atoms with E-state index in [4.69, 9.17) is 17.3 Å². The topological polar surface area (TPSA) is 130 Å². The molecule has 5 N–H and O–H groups in total. The zero-order valence-electron chi connectivity index (χ0n) is 13.3. The molecule has 0 bridgehead atoms. The van der Waals surface area contributed by atoms with E-state index in [9.17, 15) is 19.2 Å². The van der Waals surface area contributed by atoms with Gasteiger partial charge in [-0.15, -0.1) is 0 Å². The van der Waals surface area contributed by atoms with E-state index in [0.717, 1.165) is 0 Å². The van der Waals surface area contributed by atoms with Crippen molar-refractivity contribution in [3.63, 3.8) is 0 Å². The van der Waals surface area contributed by atoms with Crippen LogP contribution in [0.1, 0.15) is 24.2 Å². The van der Waals surface area contributed by atoms with E-state index in [1.54, 1.807) is 0 Å². The van der Waals surface area contributed by atoms with Crippen LogP contribution in [0, 0.1) is 0 Å². The Kier molecular flexibility index (Phi) is 7.19. The highest BCUT2D eigenvalue weighted by molar-refractivity contribution is 6.33. The number of rotatable bonds is 7. The Morgan fingerprint density at radius 2 is 1.92 bits per heavy atom. The Morgan fingerprint density at radius 3 is 2.50 bits per heavy atom. The van der Waals surface area contributed by atoms with E-state index < -0.39 is 29.8 Å². The lowest BCUT2D eigenvalue weighted by atomic mass is 10.2. The molecular weight excluding hydrogens is 336 g/mol. The van der Waals surface area contributed by atoms with Crippen molar-refractivity contribution in [2.75, 3.05) is 12.3 Å². The first-order valence-electron chi connectivity index (χ1n) is 7.12. The third-order valence-electron chi connectivity index (χ3n) is 3.02. The molecule has 0 spiro atoms. The number of halogens is 1. The summed E-state index contributed by atoms with van der Waals surface area (Å²) >= 11 is 5.84. The summed E-state index contributed by atoms with van der Waals surface area (Å²) in [4.78, 5) is 45.8. The van der Waals surface area contributed by atoms with Crippen molar-refractivity contribution < 1.29 is 19.2 Å². The maximum atomic E-state index is 12.0. The lowest BCUT2D eigenvalue weighted by molar-refractivity contribution is -0.127. The van der Waals surface area contributed by atoms with E-state index in [1.165, 1.54) is 32.0 Å². The molecule has 130 valence electrons. The van der Waals surface area contributed by atoms with Gasteiger partial charge in [0.2, 0.25) is 11.8 Å². The minimum atomic E-state index is -0.870. The van der Waals surface area contributed by atoms with Crippen LogP contribution in [0.5, 0.6) is 0 Å². The molecule has 0 aromatic heterocycles. The summed E-state index contributed by atoms with van der Waals surface area (Å²) in [6, 6.07) is 2.85. The molecular formula is C15H19ClN4O4. The van der Waals surface area contributed by atoms with Gasteiger partial charge in [0, 0.05) is 5.56 Å². The van der Waals surface area contributed by atoms with Gasteiger partial charge in [-0.3, -0.25) is 14.4 Å². The number of nitrogens with two attached hydrogens (primary N) is 1. The molecule has 0 aliphatic rings. The third kappa shape index (κ3) is 5.88. The number of hydrogen-bond donors (Lipinski definition) is 4. The molecule has 1 aromatic rings. The fraction of sp³-hybridized carbons (Fsp3) is 0.333. The van der Waals surface area contributed by atoms with Gasteiger partial charge in [0.15, 0.2) is 0 Å². The second-order valence-corrected chi connectivity index (χ2v) is 5.55.